The van der Waals surface area contributed by atoms with E-state index in [1.54, 1.807) is 30.5 Å². The number of rotatable bonds is 4. The molecule has 0 aliphatic heterocycles. The van der Waals surface area contributed by atoms with Crippen LogP contribution in [-0.2, 0) is 6.54 Å². The molecule has 0 radical (unpaired) electrons. The number of hydrogen-bond acceptors (Lipinski definition) is 3. The van der Waals surface area contributed by atoms with Crippen LogP contribution in [0.4, 0.5) is 5.69 Å². The molecule has 0 bridgehead atoms. The van der Waals surface area contributed by atoms with E-state index in [9.17, 15) is 4.79 Å². The standard InChI is InChI=1S/C13H12N2O2/c16-13(17)10-4-6-11(7-5-10)15-9-12-3-1-2-8-14-12/h1-8,15H,9H2,(H,16,17). The van der Waals surface area contributed by atoms with E-state index in [-0.39, 0.29) is 5.56 Å². The number of carbonyl (C=O) groups is 1. The predicted octanol–water partition coefficient (Wildman–Crippen LogP) is 2.39. The van der Waals surface area contributed by atoms with Gasteiger partial charge in [0.25, 0.3) is 0 Å². The van der Waals surface area contributed by atoms with Crippen molar-refractivity contribution in [2.24, 2.45) is 0 Å². The summed E-state index contributed by atoms with van der Waals surface area (Å²) in [6.07, 6.45) is 1.74. The van der Waals surface area contributed by atoms with Gasteiger partial charge in [0.2, 0.25) is 0 Å². The van der Waals surface area contributed by atoms with Crippen LogP contribution in [0.1, 0.15) is 16.1 Å². The average molecular weight is 228 g/mol. The number of aromatic nitrogens is 1. The van der Waals surface area contributed by atoms with Crippen LogP contribution in [0.15, 0.2) is 48.7 Å². The lowest BCUT2D eigenvalue weighted by Gasteiger charge is -2.05. The minimum absolute atomic E-state index is 0.286. The van der Waals surface area contributed by atoms with Gasteiger partial charge in [0.05, 0.1) is 17.8 Å². The van der Waals surface area contributed by atoms with Crippen molar-refractivity contribution >= 4 is 11.7 Å². The lowest BCUT2D eigenvalue weighted by molar-refractivity contribution is 0.0697. The minimum atomic E-state index is -0.915. The molecule has 0 aliphatic rings. The van der Waals surface area contributed by atoms with Crippen LogP contribution in [0.3, 0.4) is 0 Å². The molecular formula is C13H12N2O2. The van der Waals surface area contributed by atoms with Crippen molar-refractivity contribution in [3.63, 3.8) is 0 Å². The van der Waals surface area contributed by atoms with Gasteiger partial charge in [-0.05, 0) is 36.4 Å². The molecule has 4 heteroatoms. The Balaban J connectivity index is 1.98. The number of anilines is 1. The van der Waals surface area contributed by atoms with E-state index in [1.807, 2.05) is 18.2 Å². The average Bonchev–Trinajstić information content (AvgIpc) is 2.38. The summed E-state index contributed by atoms with van der Waals surface area (Å²) in [5.41, 5.74) is 2.10. The van der Waals surface area contributed by atoms with Crippen molar-refractivity contribution < 1.29 is 9.90 Å². The molecule has 0 spiro atoms. The van der Waals surface area contributed by atoms with Gasteiger partial charge in [-0.3, -0.25) is 4.98 Å². The summed E-state index contributed by atoms with van der Waals surface area (Å²) in [5, 5.41) is 11.9. The van der Waals surface area contributed by atoms with E-state index in [0.29, 0.717) is 6.54 Å². The van der Waals surface area contributed by atoms with E-state index in [1.165, 1.54) is 0 Å². The Kier molecular flexibility index (Phi) is 3.35. The van der Waals surface area contributed by atoms with Crippen LogP contribution in [0.5, 0.6) is 0 Å². The van der Waals surface area contributed by atoms with E-state index in [0.717, 1.165) is 11.4 Å². The second-order valence-corrected chi connectivity index (χ2v) is 3.56. The van der Waals surface area contributed by atoms with Gasteiger partial charge in [-0.2, -0.15) is 0 Å². The number of carboxylic acid groups (broad SMARTS) is 1. The lowest BCUT2D eigenvalue weighted by Crippen LogP contribution is -2.02. The summed E-state index contributed by atoms with van der Waals surface area (Å²) in [6.45, 7) is 0.618. The number of pyridine rings is 1. The maximum Gasteiger partial charge on any atom is 0.335 e. The summed E-state index contributed by atoms with van der Waals surface area (Å²) in [7, 11) is 0. The molecule has 0 saturated heterocycles. The Labute approximate surface area is 98.9 Å². The topological polar surface area (TPSA) is 62.2 Å². The highest BCUT2D eigenvalue weighted by Gasteiger charge is 2.01. The van der Waals surface area contributed by atoms with Crippen molar-refractivity contribution in [3.05, 3.63) is 59.9 Å². The third-order valence-electron chi connectivity index (χ3n) is 2.33. The van der Waals surface area contributed by atoms with Gasteiger partial charge in [-0.15, -0.1) is 0 Å². The molecule has 2 N–H and O–H groups in total. The zero-order chi connectivity index (χ0) is 12.1. The highest BCUT2D eigenvalue weighted by atomic mass is 16.4. The second kappa shape index (κ2) is 5.12. The second-order valence-electron chi connectivity index (χ2n) is 3.56. The molecule has 0 fully saturated rings. The van der Waals surface area contributed by atoms with Crippen molar-refractivity contribution in [3.8, 4) is 0 Å². The van der Waals surface area contributed by atoms with E-state index in [4.69, 9.17) is 5.11 Å². The Bertz CT molecular complexity index is 495. The molecule has 1 aromatic carbocycles. The third kappa shape index (κ3) is 3.04. The predicted molar refractivity (Wildman–Crippen MR) is 65.0 cm³/mol. The van der Waals surface area contributed by atoms with Gasteiger partial charge in [0, 0.05) is 11.9 Å². The molecule has 17 heavy (non-hydrogen) atoms. The van der Waals surface area contributed by atoms with Gasteiger partial charge in [-0.25, -0.2) is 4.79 Å². The highest BCUT2D eigenvalue weighted by molar-refractivity contribution is 5.87. The fourth-order valence-electron chi connectivity index (χ4n) is 1.43. The van der Waals surface area contributed by atoms with Crippen LogP contribution < -0.4 is 5.32 Å². The lowest BCUT2D eigenvalue weighted by atomic mass is 10.2. The highest BCUT2D eigenvalue weighted by Crippen LogP contribution is 2.10. The number of benzene rings is 1. The molecule has 0 atom stereocenters. The molecule has 2 aromatic rings. The first-order valence-corrected chi connectivity index (χ1v) is 5.23. The summed E-state index contributed by atoms with van der Waals surface area (Å²) in [5.74, 6) is -0.915. The Morgan fingerprint density at radius 3 is 2.53 bits per heavy atom. The SMILES string of the molecule is O=C(O)c1ccc(NCc2ccccn2)cc1. The first-order valence-electron chi connectivity index (χ1n) is 5.23. The largest absolute Gasteiger partial charge is 0.478 e. The molecule has 4 nitrogen and oxygen atoms in total. The van der Waals surface area contributed by atoms with E-state index >= 15 is 0 Å². The molecule has 0 aliphatic carbocycles. The Hall–Kier alpha value is -2.36. The molecule has 86 valence electrons. The smallest absolute Gasteiger partial charge is 0.335 e. The number of aromatic carboxylic acids is 1. The molecular weight excluding hydrogens is 216 g/mol. The zero-order valence-electron chi connectivity index (χ0n) is 9.13. The normalized spacial score (nSPS) is 9.88. The maximum atomic E-state index is 10.7. The van der Waals surface area contributed by atoms with Gasteiger partial charge < -0.3 is 10.4 Å². The number of carboxylic acids is 1. The van der Waals surface area contributed by atoms with Crippen LogP contribution in [0, 0.1) is 0 Å². The van der Waals surface area contributed by atoms with Crippen molar-refractivity contribution in [2.75, 3.05) is 5.32 Å². The van der Waals surface area contributed by atoms with Gasteiger partial charge >= 0.3 is 5.97 Å². The van der Waals surface area contributed by atoms with Gasteiger partial charge in [-0.1, -0.05) is 6.07 Å². The first kappa shape index (κ1) is 11.1. The summed E-state index contributed by atoms with van der Waals surface area (Å²) in [6, 6.07) is 12.4. The molecule has 0 unspecified atom stereocenters. The zero-order valence-corrected chi connectivity index (χ0v) is 9.13. The molecule has 0 saturated carbocycles. The Morgan fingerprint density at radius 2 is 1.94 bits per heavy atom. The quantitative estimate of drug-likeness (QED) is 0.843. The summed E-state index contributed by atoms with van der Waals surface area (Å²) < 4.78 is 0. The van der Waals surface area contributed by atoms with Crippen LogP contribution >= 0.6 is 0 Å². The summed E-state index contributed by atoms with van der Waals surface area (Å²) in [4.78, 5) is 14.8. The number of nitrogens with one attached hydrogen (secondary N) is 1. The monoisotopic (exact) mass is 228 g/mol. The van der Waals surface area contributed by atoms with Crippen molar-refractivity contribution in [1.29, 1.82) is 0 Å². The minimum Gasteiger partial charge on any atom is -0.478 e. The van der Waals surface area contributed by atoms with Gasteiger partial charge in [0.1, 0.15) is 0 Å². The van der Waals surface area contributed by atoms with Crippen molar-refractivity contribution in [1.82, 2.24) is 4.98 Å². The van der Waals surface area contributed by atoms with Crippen LogP contribution in [-0.4, -0.2) is 16.1 Å². The maximum absolute atomic E-state index is 10.7. The Morgan fingerprint density at radius 1 is 1.18 bits per heavy atom. The molecule has 2 rings (SSSR count). The van der Waals surface area contributed by atoms with Crippen LogP contribution in [0.2, 0.25) is 0 Å². The fraction of sp³-hybridized carbons (Fsp3) is 0.0769. The van der Waals surface area contributed by atoms with E-state index < -0.39 is 5.97 Å². The summed E-state index contributed by atoms with van der Waals surface area (Å²) >= 11 is 0. The van der Waals surface area contributed by atoms with Crippen molar-refractivity contribution in [2.45, 2.75) is 6.54 Å². The fourth-order valence-corrected chi connectivity index (χ4v) is 1.43. The van der Waals surface area contributed by atoms with Gasteiger partial charge in [0.15, 0.2) is 0 Å². The van der Waals surface area contributed by atoms with E-state index in [2.05, 4.69) is 10.3 Å². The molecule has 1 heterocycles. The van der Waals surface area contributed by atoms with Crippen LogP contribution in [0.25, 0.3) is 0 Å². The first-order chi connectivity index (χ1) is 8.25. The third-order valence-corrected chi connectivity index (χ3v) is 2.33. The molecule has 1 aromatic heterocycles. The number of hydrogen-bond donors (Lipinski definition) is 2. The number of nitrogens with zero attached hydrogens (tertiary/aromatic N) is 1. The molecule has 0 amide bonds.